The zero-order valence-electron chi connectivity index (χ0n) is 13.2. The Balaban J connectivity index is 0. The van der Waals surface area contributed by atoms with E-state index in [4.69, 9.17) is 0 Å². The first-order chi connectivity index (χ1) is 9.39. The second-order valence-electron chi connectivity index (χ2n) is 5.96. The third-order valence-corrected chi connectivity index (χ3v) is 4.17. The molecule has 0 unspecified atom stereocenters. The van der Waals surface area contributed by atoms with Gasteiger partial charge in [-0.3, -0.25) is 9.59 Å². The molecule has 0 saturated heterocycles. The predicted octanol–water partition coefficient (Wildman–Crippen LogP) is 3.41. The number of rotatable bonds is 12. The standard InChI is InChI=1S/C16H30O4.Ba.2H/c1-4-5-6-7-8-9-10-11-12-16(13(2)3,14(17)18)15(19)20;;;/h13H,4-12H2,1-3H3,(H,17,18)(H,19,20);;;. The minimum absolute atomic E-state index is 0. The van der Waals surface area contributed by atoms with Gasteiger partial charge in [0.05, 0.1) is 0 Å². The van der Waals surface area contributed by atoms with Crippen molar-refractivity contribution in [2.24, 2.45) is 11.3 Å². The Morgan fingerprint density at radius 3 is 1.57 bits per heavy atom. The van der Waals surface area contributed by atoms with Gasteiger partial charge in [-0.25, -0.2) is 0 Å². The Kier molecular flexibility index (Phi) is 14.7. The summed E-state index contributed by atoms with van der Waals surface area (Å²) in [6.45, 7) is 5.53. The quantitative estimate of drug-likeness (QED) is 0.285. The van der Waals surface area contributed by atoms with Gasteiger partial charge in [0, 0.05) is 0 Å². The van der Waals surface area contributed by atoms with Gasteiger partial charge >= 0.3 is 60.8 Å². The Hall–Kier alpha value is 0.511. The first-order valence-electron chi connectivity index (χ1n) is 7.86. The Morgan fingerprint density at radius 2 is 1.24 bits per heavy atom. The van der Waals surface area contributed by atoms with Gasteiger partial charge in [-0.2, -0.15) is 0 Å². The van der Waals surface area contributed by atoms with Crippen molar-refractivity contribution in [3.8, 4) is 0 Å². The van der Waals surface area contributed by atoms with Crippen LogP contribution in [0, 0.1) is 11.3 Å². The number of carboxylic acid groups (broad SMARTS) is 2. The fraction of sp³-hybridized carbons (Fsp3) is 0.875. The van der Waals surface area contributed by atoms with Crippen LogP contribution in [0.15, 0.2) is 0 Å². The molecule has 0 spiro atoms. The fourth-order valence-electron chi connectivity index (χ4n) is 2.63. The third-order valence-electron chi connectivity index (χ3n) is 4.17. The molecule has 0 aliphatic carbocycles. The number of carbonyl (C=O) groups is 2. The molecule has 0 atom stereocenters. The van der Waals surface area contributed by atoms with Crippen LogP contribution in [0.2, 0.25) is 0 Å². The summed E-state index contributed by atoms with van der Waals surface area (Å²) in [6, 6.07) is 0. The Bertz CT molecular complexity index is 289. The number of aliphatic carboxylic acids is 2. The molecule has 5 heteroatoms. The molecule has 0 radical (unpaired) electrons. The van der Waals surface area contributed by atoms with Crippen LogP contribution >= 0.6 is 0 Å². The van der Waals surface area contributed by atoms with Gasteiger partial charge in [-0.1, -0.05) is 72.1 Å². The average molecular weight is 426 g/mol. The van der Waals surface area contributed by atoms with Crippen molar-refractivity contribution in [1.82, 2.24) is 0 Å². The molecule has 4 nitrogen and oxygen atoms in total. The molecule has 0 aromatic carbocycles. The van der Waals surface area contributed by atoms with Crippen LogP contribution in [-0.2, 0) is 9.59 Å². The van der Waals surface area contributed by atoms with Crippen molar-refractivity contribution in [3.63, 3.8) is 0 Å². The van der Waals surface area contributed by atoms with Crippen LogP contribution in [0.5, 0.6) is 0 Å². The van der Waals surface area contributed by atoms with Gasteiger partial charge in [0.25, 0.3) is 0 Å². The molecule has 0 aliphatic heterocycles. The van der Waals surface area contributed by atoms with Crippen molar-refractivity contribution >= 4 is 60.8 Å². The van der Waals surface area contributed by atoms with Crippen molar-refractivity contribution in [2.75, 3.05) is 0 Å². The summed E-state index contributed by atoms with van der Waals surface area (Å²) in [5.41, 5.74) is -1.62. The molecule has 0 saturated carbocycles. The van der Waals surface area contributed by atoms with Gasteiger partial charge in [0.2, 0.25) is 0 Å². The summed E-state index contributed by atoms with van der Waals surface area (Å²) in [4.78, 5) is 22.7. The maximum atomic E-state index is 11.4. The molecular formula is C16H32BaO4. The molecular weight excluding hydrogens is 394 g/mol. The summed E-state index contributed by atoms with van der Waals surface area (Å²) in [5, 5.41) is 18.6. The van der Waals surface area contributed by atoms with Crippen molar-refractivity contribution in [2.45, 2.75) is 78.6 Å². The molecule has 0 bridgehead atoms. The molecule has 0 aromatic rings. The van der Waals surface area contributed by atoms with Crippen LogP contribution in [0.1, 0.15) is 78.6 Å². The minimum atomic E-state index is -1.62. The third kappa shape index (κ3) is 8.07. The first-order valence-corrected chi connectivity index (χ1v) is 7.86. The van der Waals surface area contributed by atoms with E-state index in [9.17, 15) is 19.8 Å². The van der Waals surface area contributed by atoms with E-state index in [1.54, 1.807) is 13.8 Å². The monoisotopic (exact) mass is 426 g/mol. The van der Waals surface area contributed by atoms with Gasteiger partial charge in [0.15, 0.2) is 5.41 Å². The predicted molar refractivity (Wildman–Crippen MR) is 88.3 cm³/mol. The van der Waals surface area contributed by atoms with Crippen LogP contribution in [-0.4, -0.2) is 71.0 Å². The fourth-order valence-corrected chi connectivity index (χ4v) is 2.63. The molecule has 0 amide bonds. The van der Waals surface area contributed by atoms with E-state index in [-0.39, 0.29) is 55.3 Å². The van der Waals surface area contributed by atoms with E-state index in [1.807, 2.05) is 0 Å². The topological polar surface area (TPSA) is 74.6 Å². The van der Waals surface area contributed by atoms with Crippen LogP contribution in [0.4, 0.5) is 0 Å². The first kappa shape index (κ1) is 23.8. The zero-order valence-corrected chi connectivity index (χ0v) is 13.2. The Labute approximate surface area is 169 Å². The molecule has 0 heterocycles. The van der Waals surface area contributed by atoms with E-state index in [1.165, 1.54) is 25.7 Å². The van der Waals surface area contributed by atoms with Gasteiger partial charge in [-0.15, -0.1) is 0 Å². The molecule has 0 rings (SSSR count). The van der Waals surface area contributed by atoms with Gasteiger partial charge < -0.3 is 10.2 Å². The SMILES string of the molecule is CCCCCCCCCCC(C(=O)O)(C(=O)O)C(C)C.[BaH2]. The summed E-state index contributed by atoms with van der Waals surface area (Å²) in [6.07, 6.45) is 9.03. The molecule has 0 fully saturated rings. The Morgan fingerprint density at radius 1 is 0.857 bits per heavy atom. The second kappa shape index (κ2) is 13.0. The van der Waals surface area contributed by atoms with E-state index < -0.39 is 23.3 Å². The van der Waals surface area contributed by atoms with E-state index in [2.05, 4.69) is 6.92 Å². The van der Waals surface area contributed by atoms with Crippen LogP contribution in [0.3, 0.4) is 0 Å². The van der Waals surface area contributed by atoms with E-state index in [0.29, 0.717) is 6.42 Å². The van der Waals surface area contributed by atoms with E-state index >= 15 is 0 Å². The second-order valence-corrected chi connectivity index (χ2v) is 5.96. The summed E-state index contributed by atoms with van der Waals surface area (Å²) in [7, 11) is 0. The molecule has 2 N–H and O–H groups in total. The van der Waals surface area contributed by atoms with Gasteiger partial charge in [0.1, 0.15) is 0 Å². The van der Waals surface area contributed by atoms with Crippen LogP contribution < -0.4 is 0 Å². The van der Waals surface area contributed by atoms with Crippen molar-refractivity contribution in [1.29, 1.82) is 0 Å². The molecule has 0 aliphatic rings. The normalized spacial score (nSPS) is 11.2. The molecule has 21 heavy (non-hydrogen) atoms. The van der Waals surface area contributed by atoms with Crippen molar-refractivity contribution < 1.29 is 19.8 Å². The number of unbranched alkanes of at least 4 members (excludes halogenated alkanes) is 7. The van der Waals surface area contributed by atoms with Crippen LogP contribution in [0.25, 0.3) is 0 Å². The average Bonchev–Trinajstić information content (AvgIpc) is 2.35. The number of carboxylic acids is 2. The summed E-state index contributed by atoms with van der Waals surface area (Å²) < 4.78 is 0. The van der Waals surface area contributed by atoms with Gasteiger partial charge in [-0.05, 0) is 12.3 Å². The maximum absolute atomic E-state index is 11.4. The van der Waals surface area contributed by atoms with Crippen molar-refractivity contribution in [3.05, 3.63) is 0 Å². The number of hydrogen-bond acceptors (Lipinski definition) is 2. The number of hydrogen-bond donors (Lipinski definition) is 2. The summed E-state index contributed by atoms with van der Waals surface area (Å²) in [5.74, 6) is -2.81. The molecule has 0 aromatic heterocycles. The molecule has 122 valence electrons. The summed E-state index contributed by atoms with van der Waals surface area (Å²) >= 11 is 0. The van der Waals surface area contributed by atoms with E-state index in [0.717, 1.165) is 19.3 Å². The zero-order chi connectivity index (χ0) is 15.6.